The second-order valence-corrected chi connectivity index (χ2v) is 4.27. The third-order valence-electron chi connectivity index (χ3n) is 2.48. The SMILES string of the molecule is CCOc1ccc(C(=O)N[C@H](C)CC)cc1Cl. The van der Waals surface area contributed by atoms with E-state index in [9.17, 15) is 4.79 Å². The molecular weight excluding hydrogens is 238 g/mol. The Hall–Kier alpha value is -1.22. The lowest BCUT2D eigenvalue weighted by molar-refractivity contribution is 0.0939. The molecule has 0 aromatic heterocycles. The number of halogens is 1. The van der Waals surface area contributed by atoms with Crippen molar-refractivity contribution in [3.63, 3.8) is 0 Å². The zero-order valence-electron chi connectivity index (χ0n) is 10.4. The number of rotatable bonds is 5. The van der Waals surface area contributed by atoms with Gasteiger partial charge in [-0.25, -0.2) is 0 Å². The highest BCUT2D eigenvalue weighted by atomic mass is 35.5. The van der Waals surface area contributed by atoms with Gasteiger partial charge in [-0.05, 0) is 38.5 Å². The summed E-state index contributed by atoms with van der Waals surface area (Å²) in [4.78, 5) is 11.8. The van der Waals surface area contributed by atoms with Crippen LogP contribution in [-0.4, -0.2) is 18.6 Å². The van der Waals surface area contributed by atoms with Gasteiger partial charge in [-0.15, -0.1) is 0 Å². The first kappa shape index (κ1) is 13.8. The Balaban J connectivity index is 2.79. The molecule has 1 amide bonds. The number of amides is 1. The minimum atomic E-state index is -0.107. The van der Waals surface area contributed by atoms with Gasteiger partial charge >= 0.3 is 0 Å². The van der Waals surface area contributed by atoms with Gasteiger partial charge in [-0.1, -0.05) is 18.5 Å². The molecule has 0 unspecified atom stereocenters. The molecule has 1 aromatic rings. The van der Waals surface area contributed by atoms with Gasteiger partial charge in [-0.3, -0.25) is 4.79 Å². The average molecular weight is 256 g/mol. The van der Waals surface area contributed by atoms with Crippen molar-refractivity contribution in [1.82, 2.24) is 5.32 Å². The van der Waals surface area contributed by atoms with Crippen LogP contribution in [0.1, 0.15) is 37.6 Å². The Morgan fingerprint density at radius 1 is 1.47 bits per heavy atom. The van der Waals surface area contributed by atoms with Gasteiger partial charge in [0.1, 0.15) is 5.75 Å². The summed E-state index contributed by atoms with van der Waals surface area (Å²) in [7, 11) is 0. The summed E-state index contributed by atoms with van der Waals surface area (Å²) in [5.74, 6) is 0.499. The van der Waals surface area contributed by atoms with E-state index in [4.69, 9.17) is 16.3 Å². The molecule has 0 aliphatic heterocycles. The number of hydrogen-bond donors (Lipinski definition) is 1. The van der Waals surface area contributed by atoms with E-state index in [1.54, 1.807) is 18.2 Å². The Kier molecular flexibility index (Phi) is 5.29. The van der Waals surface area contributed by atoms with Gasteiger partial charge in [0.2, 0.25) is 0 Å². The minimum Gasteiger partial charge on any atom is -0.492 e. The quantitative estimate of drug-likeness (QED) is 0.877. The highest BCUT2D eigenvalue weighted by Crippen LogP contribution is 2.25. The van der Waals surface area contributed by atoms with Gasteiger partial charge in [0.05, 0.1) is 11.6 Å². The summed E-state index contributed by atoms with van der Waals surface area (Å²) in [6.07, 6.45) is 0.899. The van der Waals surface area contributed by atoms with Gasteiger partial charge in [0, 0.05) is 11.6 Å². The maximum absolute atomic E-state index is 11.8. The molecule has 17 heavy (non-hydrogen) atoms. The molecule has 0 aliphatic carbocycles. The maximum atomic E-state index is 11.8. The van der Waals surface area contributed by atoms with E-state index < -0.39 is 0 Å². The minimum absolute atomic E-state index is 0.107. The summed E-state index contributed by atoms with van der Waals surface area (Å²) in [6.45, 7) is 6.43. The molecule has 0 spiro atoms. The fourth-order valence-electron chi connectivity index (χ4n) is 1.32. The van der Waals surface area contributed by atoms with Gasteiger partial charge in [-0.2, -0.15) is 0 Å². The van der Waals surface area contributed by atoms with Crippen LogP contribution in [0.2, 0.25) is 5.02 Å². The second kappa shape index (κ2) is 6.50. The van der Waals surface area contributed by atoms with Crippen molar-refractivity contribution in [2.24, 2.45) is 0 Å². The number of carbonyl (C=O) groups is 1. The molecule has 4 heteroatoms. The fourth-order valence-corrected chi connectivity index (χ4v) is 1.56. The lowest BCUT2D eigenvalue weighted by Crippen LogP contribution is -2.31. The van der Waals surface area contributed by atoms with Crippen molar-refractivity contribution in [2.45, 2.75) is 33.2 Å². The molecule has 1 atom stereocenters. The molecule has 0 saturated heterocycles. The summed E-state index contributed by atoms with van der Waals surface area (Å²) >= 11 is 6.02. The number of benzene rings is 1. The van der Waals surface area contributed by atoms with E-state index >= 15 is 0 Å². The van der Waals surface area contributed by atoms with Gasteiger partial charge < -0.3 is 10.1 Å². The van der Waals surface area contributed by atoms with Crippen LogP contribution in [-0.2, 0) is 0 Å². The van der Waals surface area contributed by atoms with Crippen molar-refractivity contribution in [3.05, 3.63) is 28.8 Å². The first-order chi connectivity index (χ1) is 8.08. The van der Waals surface area contributed by atoms with E-state index in [0.29, 0.717) is 22.9 Å². The normalized spacial score (nSPS) is 12.0. The molecule has 0 heterocycles. The molecular formula is C13H18ClNO2. The monoisotopic (exact) mass is 255 g/mol. The van der Waals surface area contributed by atoms with E-state index in [-0.39, 0.29) is 11.9 Å². The third-order valence-corrected chi connectivity index (χ3v) is 2.78. The van der Waals surface area contributed by atoms with E-state index in [2.05, 4.69) is 5.32 Å². The summed E-state index contributed by atoms with van der Waals surface area (Å²) in [5.41, 5.74) is 0.554. The first-order valence-corrected chi connectivity index (χ1v) is 6.19. The smallest absolute Gasteiger partial charge is 0.251 e. The van der Waals surface area contributed by atoms with Crippen LogP contribution in [0.25, 0.3) is 0 Å². The fraction of sp³-hybridized carbons (Fsp3) is 0.462. The molecule has 0 fully saturated rings. The first-order valence-electron chi connectivity index (χ1n) is 5.81. The Morgan fingerprint density at radius 3 is 2.71 bits per heavy atom. The topological polar surface area (TPSA) is 38.3 Å². The number of ether oxygens (including phenoxy) is 1. The second-order valence-electron chi connectivity index (χ2n) is 3.86. The summed E-state index contributed by atoms with van der Waals surface area (Å²) in [6, 6.07) is 5.23. The van der Waals surface area contributed by atoms with Gasteiger partial charge in [0.25, 0.3) is 5.91 Å². The molecule has 0 bridgehead atoms. The van der Waals surface area contributed by atoms with Crippen LogP contribution in [0.4, 0.5) is 0 Å². The Bertz CT molecular complexity index is 393. The van der Waals surface area contributed by atoms with Crippen molar-refractivity contribution >= 4 is 17.5 Å². The summed E-state index contributed by atoms with van der Waals surface area (Å²) in [5, 5.41) is 3.35. The number of nitrogens with one attached hydrogen (secondary N) is 1. The maximum Gasteiger partial charge on any atom is 0.251 e. The van der Waals surface area contributed by atoms with Crippen LogP contribution in [0.3, 0.4) is 0 Å². The molecule has 0 saturated carbocycles. The van der Waals surface area contributed by atoms with Gasteiger partial charge in [0.15, 0.2) is 0 Å². The zero-order chi connectivity index (χ0) is 12.8. The van der Waals surface area contributed by atoms with Crippen molar-refractivity contribution in [1.29, 1.82) is 0 Å². The van der Waals surface area contributed by atoms with E-state index in [1.165, 1.54) is 0 Å². The average Bonchev–Trinajstić information content (AvgIpc) is 2.31. The zero-order valence-corrected chi connectivity index (χ0v) is 11.2. The van der Waals surface area contributed by atoms with Crippen LogP contribution < -0.4 is 10.1 Å². The van der Waals surface area contributed by atoms with Crippen molar-refractivity contribution in [2.75, 3.05) is 6.61 Å². The molecule has 1 aromatic carbocycles. The van der Waals surface area contributed by atoms with Crippen LogP contribution in [0, 0.1) is 0 Å². The molecule has 1 N–H and O–H groups in total. The standard InChI is InChI=1S/C13H18ClNO2/c1-4-9(3)15-13(16)10-6-7-12(17-5-2)11(14)8-10/h6-9H,4-5H2,1-3H3,(H,15,16)/t9-/m1/s1. The Morgan fingerprint density at radius 2 is 2.18 bits per heavy atom. The highest BCUT2D eigenvalue weighted by molar-refractivity contribution is 6.32. The van der Waals surface area contributed by atoms with Crippen molar-refractivity contribution < 1.29 is 9.53 Å². The van der Waals surface area contributed by atoms with Crippen LogP contribution in [0.15, 0.2) is 18.2 Å². The van der Waals surface area contributed by atoms with E-state index in [0.717, 1.165) is 6.42 Å². The lowest BCUT2D eigenvalue weighted by Gasteiger charge is -2.12. The third kappa shape index (κ3) is 3.93. The molecule has 0 aliphatic rings. The molecule has 1 rings (SSSR count). The molecule has 3 nitrogen and oxygen atoms in total. The molecule has 94 valence electrons. The predicted molar refractivity (Wildman–Crippen MR) is 69.8 cm³/mol. The van der Waals surface area contributed by atoms with Crippen LogP contribution in [0.5, 0.6) is 5.75 Å². The molecule has 0 radical (unpaired) electrons. The number of carbonyl (C=O) groups excluding carboxylic acids is 1. The van der Waals surface area contributed by atoms with E-state index in [1.807, 2.05) is 20.8 Å². The van der Waals surface area contributed by atoms with Crippen LogP contribution >= 0.6 is 11.6 Å². The lowest BCUT2D eigenvalue weighted by atomic mass is 10.2. The predicted octanol–water partition coefficient (Wildman–Crippen LogP) is 3.27. The summed E-state index contributed by atoms with van der Waals surface area (Å²) < 4.78 is 5.31. The number of hydrogen-bond acceptors (Lipinski definition) is 2. The van der Waals surface area contributed by atoms with Crippen molar-refractivity contribution in [3.8, 4) is 5.75 Å². The largest absolute Gasteiger partial charge is 0.492 e. The Labute approximate surface area is 107 Å². The highest BCUT2D eigenvalue weighted by Gasteiger charge is 2.10.